The Hall–Kier alpha value is -1.80. The van der Waals surface area contributed by atoms with Gasteiger partial charge in [0.25, 0.3) is 0 Å². The van der Waals surface area contributed by atoms with Crippen LogP contribution in [0.2, 0.25) is 0 Å². The number of hydrogen-bond donors (Lipinski definition) is 0. The van der Waals surface area contributed by atoms with Crippen LogP contribution in [0.15, 0.2) is 67.3 Å². The summed E-state index contributed by atoms with van der Waals surface area (Å²) >= 11 is 1.86. The predicted octanol–water partition coefficient (Wildman–Crippen LogP) is 4.84. The van der Waals surface area contributed by atoms with Crippen molar-refractivity contribution in [3.05, 3.63) is 83.9 Å². The average molecular weight is 306 g/mol. The first-order valence-electron chi connectivity index (χ1n) is 7.72. The second kappa shape index (κ2) is 5.13. The van der Waals surface area contributed by atoms with Crippen LogP contribution in [0.4, 0.5) is 0 Å². The van der Waals surface area contributed by atoms with Gasteiger partial charge in [-0.15, -0.1) is 18.3 Å². The maximum absolute atomic E-state index is 13.3. The summed E-state index contributed by atoms with van der Waals surface area (Å²) in [5, 5.41) is 0.417. The van der Waals surface area contributed by atoms with Crippen molar-refractivity contribution in [2.45, 2.75) is 22.8 Å². The number of ketones is 1. The maximum atomic E-state index is 13.3. The molecule has 1 fully saturated rings. The van der Waals surface area contributed by atoms with Crippen molar-refractivity contribution < 1.29 is 4.79 Å². The second-order valence-corrected chi connectivity index (χ2v) is 7.68. The van der Waals surface area contributed by atoms with Gasteiger partial charge in [0, 0.05) is 16.7 Å². The van der Waals surface area contributed by atoms with E-state index < -0.39 is 0 Å². The van der Waals surface area contributed by atoms with Crippen LogP contribution in [0.5, 0.6) is 0 Å². The molecule has 0 aliphatic carbocycles. The van der Waals surface area contributed by atoms with Crippen LogP contribution < -0.4 is 0 Å². The van der Waals surface area contributed by atoms with Crippen LogP contribution in [0, 0.1) is 5.92 Å². The normalized spacial score (nSPS) is 28.9. The lowest BCUT2D eigenvalue weighted by molar-refractivity contribution is 0.0923. The third kappa shape index (κ3) is 1.90. The van der Waals surface area contributed by atoms with E-state index in [9.17, 15) is 4.79 Å². The van der Waals surface area contributed by atoms with Crippen LogP contribution in [-0.2, 0) is 6.42 Å². The SMILES string of the molecule is C=CC1CC2SC1(C(=O)c1ccccc1)Cc1ccccc12. The summed E-state index contributed by atoms with van der Waals surface area (Å²) in [6.45, 7) is 4.02. The van der Waals surface area contributed by atoms with Crippen molar-refractivity contribution >= 4 is 17.5 Å². The topological polar surface area (TPSA) is 17.1 Å². The van der Waals surface area contributed by atoms with Crippen LogP contribution in [0.3, 0.4) is 0 Å². The first kappa shape index (κ1) is 13.8. The smallest absolute Gasteiger partial charge is 0.179 e. The lowest BCUT2D eigenvalue weighted by atomic mass is 9.80. The van der Waals surface area contributed by atoms with Gasteiger partial charge in [0.15, 0.2) is 5.78 Å². The van der Waals surface area contributed by atoms with E-state index in [0.717, 1.165) is 18.4 Å². The zero-order valence-corrected chi connectivity index (χ0v) is 13.2. The summed E-state index contributed by atoms with van der Waals surface area (Å²) in [4.78, 5) is 13.3. The molecule has 2 heteroatoms. The molecule has 0 spiro atoms. The van der Waals surface area contributed by atoms with E-state index in [1.54, 1.807) is 0 Å². The van der Waals surface area contributed by atoms with Crippen molar-refractivity contribution in [3.63, 3.8) is 0 Å². The van der Waals surface area contributed by atoms with Gasteiger partial charge in [-0.25, -0.2) is 0 Å². The lowest BCUT2D eigenvalue weighted by Crippen LogP contribution is -2.42. The number of rotatable bonds is 3. The highest BCUT2D eigenvalue weighted by atomic mass is 32.2. The number of hydrogen-bond acceptors (Lipinski definition) is 2. The number of allylic oxidation sites excluding steroid dienone is 1. The van der Waals surface area contributed by atoms with Crippen molar-refractivity contribution in [2.75, 3.05) is 0 Å². The van der Waals surface area contributed by atoms with E-state index in [0.29, 0.717) is 5.25 Å². The van der Waals surface area contributed by atoms with Crippen LogP contribution in [-0.4, -0.2) is 10.5 Å². The van der Waals surface area contributed by atoms with Gasteiger partial charge in [-0.05, 0) is 24.0 Å². The number of Topliss-reactive ketones (excluding diaryl/α,β-unsaturated/α-hetero) is 1. The van der Waals surface area contributed by atoms with Gasteiger partial charge in [0.1, 0.15) is 0 Å². The first-order valence-corrected chi connectivity index (χ1v) is 8.60. The van der Waals surface area contributed by atoms with Crippen LogP contribution in [0.1, 0.15) is 33.2 Å². The first-order chi connectivity index (χ1) is 10.7. The van der Waals surface area contributed by atoms with Crippen molar-refractivity contribution in [2.24, 2.45) is 5.92 Å². The molecule has 2 aliphatic rings. The van der Waals surface area contributed by atoms with E-state index in [4.69, 9.17) is 0 Å². The van der Waals surface area contributed by atoms with E-state index >= 15 is 0 Å². The maximum Gasteiger partial charge on any atom is 0.179 e. The van der Waals surface area contributed by atoms with E-state index in [2.05, 4.69) is 30.8 Å². The molecule has 3 atom stereocenters. The molecule has 0 aromatic heterocycles. The van der Waals surface area contributed by atoms with E-state index in [-0.39, 0.29) is 16.4 Å². The molecular formula is C20H18OS. The molecule has 4 rings (SSSR count). The Morgan fingerprint density at radius 2 is 1.86 bits per heavy atom. The minimum atomic E-state index is -0.373. The molecular weight excluding hydrogens is 288 g/mol. The van der Waals surface area contributed by atoms with Gasteiger partial charge in [-0.2, -0.15) is 0 Å². The van der Waals surface area contributed by atoms with Crippen LogP contribution in [0.25, 0.3) is 0 Å². The number of benzene rings is 2. The lowest BCUT2D eigenvalue weighted by Gasteiger charge is -2.35. The highest BCUT2D eigenvalue weighted by molar-refractivity contribution is 8.02. The number of fused-ring (bicyclic) bond motifs is 4. The molecule has 1 nitrogen and oxygen atoms in total. The number of thioether (sulfide) groups is 1. The molecule has 0 radical (unpaired) electrons. The molecule has 2 heterocycles. The highest BCUT2D eigenvalue weighted by Gasteiger charge is 2.55. The molecule has 0 N–H and O–H groups in total. The average Bonchev–Trinajstić information content (AvgIpc) is 2.89. The summed E-state index contributed by atoms with van der Waals surface area (Å²) in [6, 6.07) is 18.3. The van der Waals surface area contributed by atoms with Gasteiger partial charge in [0.05, 0.1) is 4.75 Å². The Morgan fingerprint density at radius 1 is 1.14 bits per heavy atom. The molecule has 3 unspecified atom stereocenters. The Bertz CT molecular complexity index is 736. The Balaban J connectivity index is 1.82. The number of carbonyl (C=O) groups excluding carboxylic acids is 1. The second-order valence-electron chi connectivity index (χ2n) is 6.14. The third-order valence-electron chi connectivity index (χ3n) is 4.98. The van der Waals surface area contributed by atoms with Gasteiger partial charge in [0.2, 0.25) is 0 Å². The molecule has 2 aliphatic heterocycles. The number of carbonyl (C=O) groups is 1. The van der Waals surface area contributed by atoms with Crippen molar-refractivity contribution in [3.8, 4) is 0 Å². The Morgan fingerprint density at radius 3 is 2.64 bits per heavy atom. The highest BCUT2D eigenvalue weighted by Crippen LogP contribution is 2.61. The van der Waals surface area contributed by atoms with Crippen LogP contribution >= 0.6 is 11.8 Å². The van der Waals surface area contributed by atoms with E-state index in [1.165, 1.54) is 11.1 Å². The fourth-order valence-corrected chi connectivity index (χ4v) is 5.89. The fourth-order valence-electron chi connectivity index (χ4n) is 3.89. The third-order valence-corrected chi connectivity index (χ3v) is 6.76. The molecule has 0 saturated carbocycles. The summed E-state index contributed by atoms with van der Waals surface area (Å²) in [7, 11) is 0. The van der Waals surface area contributed by atoms with Gasteiger partial charge < -0.3 is 0 Å². The van der Waals surface area contributed by atoms with Gasteiger partial charge >= 0.3 is 0 Å². The molecule has 2 bridgehead atoms. The predicted molar refractivity (Wildman–Crippen MR) is 92.3 cm³/mol. The molecule has 110 valence electrons. The summed E-state index contributed by atoms with van der Waals surface area (Å²) < 4.78 is -0.373. The van der Waals surface area contributed by atoms with E-state index in [1.807, 2.05) is 48.2 Å². The Labute approximate surface area is 135 Å². The molecule has 22 heavy (non-hydrogen) atoms. The Kier molecular flexibility index (Phi) is 3.23. The zero-order chi connectivity index (χ0) is 15.2. The van der Waals surface area contributed by atoms with Crippen molar-refractivity contribution in [1.29, 1.82) is 0 Å². The summed E-state index contributed by atoms with van der Waals surface area (Å²) in [5.41, 5.74) is 3.56. The standard InChI is InChI=1S/C20H18OS/c1-2-16-12-18-17-11-7-6-10-15(17)13-20(16,22-18)19(21)14-8-4-3-5-9-14/h2-11,16,18H,1,12-13H2. The zero-order valence-electron chi connectivity index (χ0n) is 12.4. The van der Waals surface area contributed by atoms with Gasteiger partial charge in [-0.3, -0.25) is 4.79 Å². The monoisotopic (exact) mass is 306 g/mol. The molecule has 0 amide bonds. The summed E-state index contributed by atoms with van der Waals surface area (Å²) in [6.07, 6.45) is 3.83. The quantitative estimate of drug-likeness (QED) is 0.596. The molecule has 1 saturated heterocycles. The molecule has 2 aromatic rings. The van der Waals surface area contributed by atoms with Gasteiger partial charge in [-0.1, -0.05) is 60.7 Å². The fraction of sp³-hybridized carbons (Fsp3) is 0.250. The van der Waals surface area contributed by atoms with Crippen molar-refractivity contribution in [1.82, 2.24) is 0 Å². The molecule has 2 aromatic carbocycles. The summed E-state index contributed by atoms with van der Waals surface area (Å²) in [5.74, 6) is 0.502. The minimum Gasteiger partial charge on any atom is -0.293 e. The minimum absolute atomic E-state index is 0.239. The largest absolute Gasteiger partial charge is 0.293 e.